The van der Waals surface area contributed by atoms with Gasteiger partial charge >= 0.3 is 0 Å². The predicted octanol–water partition coefficient (Wildman–Crippen LogP) is 2.18. The molecular formula is C13H14N2OS. The molecule has 1 aliphatic rings. The first-order valence-corrected chi connectivity index (χ1v) is 6.65. The van der Waals surface area contributed by atoms with Gasteiger partial charge in [0, 0.05) is 17.2 Å². The second kappa shape index (κ2) is 4.13. The molecule has 2 aromatic rings. The summed E-state index contributed by atoms with van der Waals surface area (Å²) in [5, 5.41) is 6.32. The predicted molar refractivity (Wildman–Crippen MR) is 69.9 cm³/mol. The lowest BCUT2D eigenvalue weighted by Gasteiger charge is -2.29. The molecule has 3 N–H and O–H groups in total. The number of carbonyl (C=O) groups excluding carboxylic acids is 1. The molecule has 1 aromatic carbocycles. The molecule has 2 atom stereocenters. The number of amides is 1. The molecule has 2 heterocycles. The molecule has 2 unspecified atom stereocenters. The molecule has 1 amide bonds. The topological polar surface area (TPSA) is 55.1 Å². The smallest absolute Gasteiger partial charge is 0.220 e. The van der Waals surface area contributed by atoms with Crippen LogP contribution in [0.25, 0.3) is 10.1 Å². The Labute approximate surface area is 104 Å². The zero-order valence-corrected chi connectivity index (χ0v) is 10.2. The molecule has 1 saturated heterocycles. The van der Waals surface area contributed by atoms with Gasteiger partial charge in [-0.3, -0.25) is 4.79 Å². The van der Waals surface area contributed by atoms with Crippen LogP contribution in [-0.4, -0.2) is 11.9 Å². The standard InChI is InChI=1S/C13H14N2OS/c14-10-5-6-12(16)15-13(10)9-7-17-11-4-2-1-3-8(9)11/h1-4,7,10,13H,5-6,14H2,(H,15,16). The van der Waals surface area contributed by atoms with Crippen LogP contribution in [0.3, 0.4) is 0 Å². The number of fused-ring (bicyclic) bond motifs is 1. The summed E-state index contributed by atoms with van der Waals surface area (Å²) in [6, 6.07) is 8.23. The third-order valence-corrected chi connectivity index (χ3v) is 4.28. The van der Waals surface area contributed by atoms with Gasteiger partial charge in [-0.15, -0.1) is 11.3 Å². The Balaban J connectivity index is 2.05. The lowest BCUT2D eigenvalue weighted by Crippen LogP contribution is -2.45. The molecule has 0 bridgehead atoms. The van der Waals surface area contributed by atoms with Gasteiger partial charge in [0.1, 0.15) is 0 Å². The Bertz CT molecular complexity index is 563. The van der Waals surface area contributed by atoms with Crippen molar-refractivity contribution in [3.05, 3.63) is 35.2 Å². The van der Waals surface area contributed by atoms with Gasteiger partial charge in [-0.05, 0) is 28.8 Å². The molecule has 4 heteroatoms. The lowest BCUT2D eigenvalue weighted by atomic mass is 9.92. The van der Waals surface area contributed by atoms with E-state index in [0.717, 1.165) is 12.0 Å². The van der Waals surface area contributed by atoms with Crippen molar-refractivity contribution in [2.45, 2.75) is 24.9 Å². The van der Waals surface area contributed by atoms with Crippen LogP contribution < -0.4 is 11.1 Å². The Morgan fingerprint density at radius 2 is 2.18 bits per heavy atom. The first kappa shape index (κ1) is 10.7. The monoisotopic (exact) mass is 246 g/mol. The summed E-state index contributed by atoms with van der Waals surface area (Å²) in [6.45, 7) is 0. The number of nitrogens with one attached hydrogen (secondary N) is 1. The maximum atomic E-state index is 11.5. The molecule has 3 nitrogen and oxygen atoms in total. The van der Waals surface area contributed by atoms with E-state index in [1.54, 1.807) is 11.3 Å². The molecule has 3 rings (SSSR count). The minimum absolute atomic E-state index is 0.0192. The van der Waals surface area contributed by atoms with Crippen molar-refractivity contribution < 1.29 is 4.79 Å². The third kappa shape index (κ3) is 1.83. The van der Waals surface area contributed by atoms with E-state index in [1.165, 1.54) is 10.1 Å². The van der Waals surface area contributed by atoms with Crippen LogP contribution in [0.4, 0.5) is 0 Å². The minimum atomic E-state index is -0.0348. The quantitative estimate of drug-likeness (QED) is 0.810. The number of rotatable bonds is 1. The van der Waals surface area contributed by atoms with Crippen LogP contribution in [0.2, 0.25) is 0 Å². The number of benzene rings is 1. The van der Waals surface area contributed by atoms with E-state index in [2.05, 4.69) is 22.8 Å². The minimum Gasteiger partial charge on any atom is -0.348 e. The summed E-state index contributed by atoms with van der Waals surface area (Å²) in [7, 11) is 0. The number of carbonyl (C=O) groups is 1. The number of nitrogens with two attached hydrogens (primary N) is 1. The second-order valence-electron chi connectivity index (χ2n) is 4.43. The molecule has 88 valence electrons. The van der Waals surface area contributed by atoms with Crippen LogP contribution in [0.15, 0.2) is 29.6 Å². The summed E-state index contributed by atoms with van der Waals surface area (Å²) >= 11 is 1.70. The van der Waals surface area contributed by atoms with Gasteiger partial charge in [0.25, 0.3) is 0 Å². The van der Waals surface area contributed by atoms with Gasteiger partial charge in [0.2, 0.25) is 5.91 Å². The molecule has 0 saturated carbocycles. The van der Waals surface area contributed by atoms with Crippen LogP contribution in [0.5, 0.6) is 0 Å². The summed E-state index contributed by atoms with van der Waals surface area (Å²) in [4.78, 5) is 11.5. The molecule has 1 aliphatic heterocycles. The average Bonchev–Trinajstić information content (AvgIpc) is 2.76. The van der Waals surface area contributed by atoms with Gasteiger partial charge in [-0.1, -0.05) is 18.2 Å². The molecule has 0 aliphatic carbocycles. The number of hydrogen-bond donors (Lipinski definition) is 2. The van der Waals surface area contributed by atoms with E-state index in [-0.39, 0.29) is 18.0 Å². The molecule has 1 fully saturated rings. The van der Waals surface area contributed by atoms with Crippen molar-refractivity contribution in [2.75, 3.05) is 0 Å². The molecule has 17 heavy (non-hydrogen) atoms. The van der Waals surface area contributed by atoms with Crippen LogP contribution in [0, 0.1) is 0 Å². The van der Waals surface area contributed by atoms with E-state index in [9.17, 15) is 4.79 Å². The highest BCUT2D eigenvalue weighted by molar-refractivity contribution is 7.17. The summed E-state index contributed by atoms with van der Waals surface area (Å²) in [6.07, 6.45) is 1.31. The molecular weight excluding hydrogens is 232 g/mol. The zero-order chi connectivity index (χ0) is 11.8. The summed E-state index contributed by atoms with van der Waals surface area (Å²) in [5.41, 5.74) is 7.27. The van der Waals surface area contributed by atoms with Crippen molar-refractivity contribution in [3.63, 3.8) is 0 Å². The largest absolute Gasteiger partial charge is 0.348 e. The van der Waals surface area contributed by atoms with E-state index in [4.69, 9.17) is 5.73 Å². The van der Waals surface area contributed by atoms with Crippen molar-refractivity contribution in [1.29, 1.82) is 0 Å². The van der Waals surface area contributed by atoms with Crippen molar-refractivity contribution in [1.82, 2.24) is 5.32 Å². The van der Waals surface area contributed by atoms with Crippen LogP contribution in [0.1, 0.15) is 24.4 Å². The van der Waals surface area contributed by atoms with Gasteiger partial charge < -0.3 is 11.1 Å². The number of piperidine rings is 1. The van der Waals surface area contributed by atoms with Gasteiger partial charge in [-0.25, -0.2) is 0 Å². The van der Waals surface area contributed by atoms with Gasteiger partial charge in [0.15, 0.2) is 0 Å². The molecule has 1 aromatic heterocycles. The van der Waals surface area contributed by atoms with E-state index >= 15 is 0 Å². The lowest BCUT2D eigenvalue weighted by molar-refractivity contribution is -0.123. The first-order valence-electron chi connectivity index (χ1n) is 5.77. The maximum absolute atomic E-state index is 11.5. The average molecular weight is 246 g/mol. The van der Waals surface area contributed by atoms with Crippen molar-refractivity contribution in [2.24, 2.45) is 5.73 Å². The fraction of sp³-hybridized carbons (Fsp3) is 0.308. The maximum Gasteiger partial charge on any atom is 0.220 e. The summed E-state index contributed by atoms with van der Waals surface area (Å²) < 4.78 is 1.24. The van der Waals surface area contributed by atoms with E-state index in [0.29, 0.717) is 6.42 Å². The third-order valence-electron chi connectivity index (χ3n) is 3.30. The molecule has 0 radical (unpaired) electrons. The van der Waals surface area contributed by atoms with Crippen LogP contribution >= 0.6 is 11.3 Å². The fourth-order valence-electron chi connectivity index (χ4n) is 2.36. The number of thiophene rings is 1. The second-order valence-corrected chi connectivity index (χ2v) is 5.35. The first-order chi connectivity index (χ1) is 8.25. The Morgan fingerprint density at radius 3 is 3.06 bits per heavy atom. The van der Waals surface area contributed by atoms with Gasteiger partial charge in [-0.2, -0.15) is 0 Å². The summed E-state index contributed by atoms with van der Waals surface area (Å²) in [5.74, 6) is 0.104. The zero-order valence-electron chi connectivity index (χ0n) is 9.35. The Kier molecular flexibility index (Phi) is 2.61. The van der Waals surface area contributed by atoms with Crippen molar-refractivity contribution in [3.8, 4) is 0 Å². The highest BCUT2D eigenvalue weighted by atomic mass is 32.1. The Hall–Kier alpha value is -1.39. The van der Waals surface area contributed by atoms with Crippen molar-refractivity contribution >= 4 is 27.3 Å². The van der Waals surface area contributed by atoms with E-state index in [1.807, 2.05) is 12.1 Å². The van der Waals surface area contributed by atoms with Gasteiger partial charge in [0.05, 0.1) is 6.04 Å². The van der Waals surface area contributed by atoms with E-state index < -0.39 is 0 Å². The Morgan fingerprint density at radius 1 is 1.35 bits per heavy atom. The number of hydrogen-bond acceptors (Lipinski definition) is 3. The SMILES string of the molecule is NC1CCC(=O)NC1c1csc2ccccc12. The normalized spacial score (nSPS) is 24.9. The highest BCUT2D eigenvalue weighted by Gasteiger charge is 2.28. The highest BCUT2D eigenvalue weighted by Crippen LogP contribution is 2.33. The fourth-order valence-corrected chi connectivity index (χ4v) is 3.36. The molecule has 0 spiro atoms. The van der Waals surface area contributed by atoms with Crippen LogP contribution in [-0.2, 0) is 4.79 Å².